The smallest absolute Gasteiger partial charge is 0.379 e. The van der Waals surface area contributed by atoms with Crippen molar-refractivity contribution in [1.82, 2.24) is 10.2 Å². The van der Waals surface area contributed by atoms with Crippen LogP contribution in [0.2, 0.25) is 0 Å². The van der Waals surface area contributed by atoms with Crippen molar-refractivity contribution in [3.63, 3.8) is 0 Å². The van der Waals surface area contributed by atoms with Gasteiger partial charge >= 0.3 is 12.1 Å². The number of carbonyl (C=O) groups is 3. The number of amides is 3. The second-order valence-corrected chi connectivity index (χ2v) is 7.18. The molecule has 2 fully saturated rings. The molecule has 0 spiro atoms. The van der Waals surface area contributed by atoms with Crippen LogP contribution in [0.1, 0.15) is 20.8 Å². The van der Waals surface area contributed by atoms with Crippen molar-refractivity contribution in [2.45, 2.75) is 45.1 Å². The molecule has 1 saturated heterocycles. The highest BCUT2D eigenvalue weighted by Gasteiger charge is 2.69. The molecule has 0 aromatic rings. The molecular formula is C15H22F3N3O4. The lowest BCUT2D eigenvalue weighted by atomic mass is 9.99. The van der Waals surface area contributed by atoms with Crippen LogP contribution < -0.4 is 11.1 Å². The number of ether oxygens (including phenoxy) is 1. The summed E-state index contributed by atoms with van der Waals surface area (Å²) in [6.45, 7) is 5.46. The number of carbonyl (C=O) groups excluding carboxylic acids is 3. The first kappa shape index (κ1) is 19.5. The van der Waals surface area contributed by atoms with E-state index in [0.717, 1.165) is 0 Å². The predicted octanol–water partition coefficient (Wildman–Crippen LogP) is 0.0367. The number of nitrogens with one attached hydrogen (secondary N) is 1. The van der Waals surface area contributed by atoms with Crippen molar-refractivity contribution >= 4 is 17.7 Å². The molecule has 0 bridgehead atoms. The maximum absolute atomic E-state index is 12.8. The molecule has 1 saturated carbocycles. The van der Waals surface area contributed by atoms with Crippen LogP contribution in [0.25, 0.3) is 0 Å². The van der Waals surface area contributed by atoms with E-state index < -0.39 is 42.1 Å². The second-order valence-electron chi connectivity index (χ2n) is 7.18. The number of likely N-dealkylation sites (tertiary alicyclic amines) is 1. The molecule has 3 N–H and O–H groups in total. The highest BCUT2D eigenvalue weighted by atomic mass is 19.4. The Hall–Kier alpha value is -1.84. The number of hydrogen-bond donors (Lipinski definition) is 2. The quantitative estimate of drug-likeness (QED) is 0.718. The summed E-state index contributed by atoms with van der Waals surface area (Å²) in [4.78, 5) is 37.0. The fourth-order valence-corrected chi connectivity index (χ4v) is 3.76. The third-order valence-electron chi connectivity index (χ3n) is 5.43. The zero-order valence-electron chi connectivity index (χ0n) is 14.4. The van der Waals surface area contributed by atoms with Crippen LogP contribution >= 0.6 is 0 Å². The first-order valence-corrected chi connectivity index (χ1v) is 7.84. The van der Waals surface area contributed by atoms with Crippen molar-refractivity contribution in [2.75, 3.05) is 13.7 Å². The summed E-state index contributed by atoms with van der Waals surface area (Å²) >= 11 is 0. The van der Waals surface area contributed by atoms with Crippen molar-refractivity contribution in [3.05, 3.63) is 0 Å². The van der Waals surface area contributed by atoms with Gasteiger partial charge < -0.3 is 20.7 Å². The average Bonchev–Trinajstić information content (AvgIpc) is 2.88. The van der Waals surface area contributed by atoms with Gasteiger partial charge in [0.2, 0.25) is 11.8 Å². The Morgan fingerprint density at radius 3 is 2.32 bits per heavy atom. The summed E-state index contributed by atoms with van der Waals surface area (Å²) < 4.78 is 42.6. The summed E-state index contributed by atoms with van der Waals surface area (Å²) in [5.74, 6) is -3.84. The minimum Gasteiger partial charge on any atom is -0.379 e. The van der Waals surface area contributed by atoms with Gasteiger partial charge in [0, 0.05) is 13.7 Å². The van der Waals surface area contributed by atoms with E-state index in [9.17, 15) is 27.6 Å². The molecule has 142 valence electrons. The van der Waals surface area contributed by atoms with Gasteiger partial charge in [-0.25, -0.2) is 0 Å². The Labute approximate surface area is 143 Å². The van der Waals surface area contributed by atoms with Gasteiger partial charge in [-0.3, -0.25) is 14.4 Å². The van der Waals surface area contributed by atoms with Gasteiger partial charge in [-0.15, -0.1) is 0 Å². The molecule has 0 aromatic heterocycles. The van der Waals surface area contributed by atoms with Gasteiger partial charge in [0.15, 0.2) is 0 Å². The Balaban J connectivity index is 2.22. The van der Waals surface area contributed by atoms with E-state index in [4.69, 9.17) is 10.5 Å². The summed E-state index contributed by atoms with van der Waals surface area (Å²) in [6, 6.07) is -2.47. The van der Waals surface area contributed by atoms with Gasteiger partial charge in [-0.2, -0.15) is 13.2 Å². The van der Waals surface area contributed by atoms with Gasteiger partial charge in [0.25, 0.3) is 0 Å². The van der Waals surface area contributed by atoms with Gasteiger partial charge in [-0.05, 0) is 24.2 Å². The van der Waals surface area contributed by atoms with E-state index in [1.165, 1.54) is 18.9 Å². The van der Waals surface area contributed by atoms with E-state index >= 15 is 0 Å². The minimum absolute atomic E-state index is 0.0470. The fraction of sp³-hybridized carbons (Fsp3) is 0.800. The SMILES string of the molecule is CO[C@H](C)[C@H](NC(=O)C(F)(F)F)C(=O)N1CC2C(C1C(N)=O)C2(C)C. The van der Waals surface area contributed by atoms with Crippen LogP contribution in [0.5, 0.6) is 0 Å². The highest BCUT2D eigenvalue weighted by Crippen LogP contribution is 2.64. The molecule has 2 rings (SSSR count). The standard InChI is InChI=1S/C15H22F3N3O4/c1-6(25-4)9(20-13(24)15(16,17)18)12(23)21-5-7-8(14(7,2)3)10(21)11(19)22/h6-10H,5H2,1-4H3,(H2,19,22)(H,20,24)/t6-,7?,8?,9+,10?/m1/s1. The topological polar surface area (TPSA) is 102 Å². The van der Waals surface area contributed by atoms with Gasteiger partial charge in [-0.1, -0.05) is 13.8 Å². The minimum atomic E-state index is -5.13. The molecule has 0 aromatic carbocycles. The lowest BCUT2D eigenvalue weighted by molar-refractivity contribution is -0.176. The maximum atomic E-state index is 12.8. The molecule has 1 aliphatic heterocycles. The van der Waals surface area contributed by atoms with Crippen LogP contribution in [0, 0.1) is 17.3 Å². The number of halogens is 3. The first-order chi connectivity index (χ1) is 11.3. The lowest BCUT2D eigenvalue weighted by Gasteiger charge is -2.33. The van der Waals surface area contributed by atoms with E-state index in [1.807, 2.05) is 13.8 Å². The average molecular weight is 365 g/mol. The Morgan fingerprint density at radius 1 is 1.32 bits per heavy atom. The van der Waals surface area contributed by atoms with E-state index in [-0.39, 0.29) is 23.8 Å². The summed E-state index contributed by atoms with van der Waals surface area (Å²) in [5.41, 5.74) is 5.25. The Morgan fingerprint density at radius 2 is 1.88 bits per heavy atom. The van der Waals surface area contributed by atoms with Crippen molar-refractivity contribution in [2.24, 2.45) is 23.0 Å². The number of nitrogens with zero attached hydrogens (tertiary/aromatic N) is 1. The van der Waals surface area contributed by atoms with E-state index in [0.29, 0.717) is 0 Å². The van der Waals surface area contributed by atoms with Crippen LogP contribution in [0.4, 0.5) is 13.2 Å². The van der Waals surface area contributed by atoms with Gasteiger partial charge in [0.05, 0.1) is 6.10 Å². The summed E-state index contributed by atoms with van der Waals surface area (Å²) in [7, 11) is 1.21. The molecule has 25 heavy (non-hydrogen) atoms. The highest BCUT2D eigenvalue weighted by molar-refractivity contribution is 5.94. The predicted molar refractivity (Wildman–Crippen MR) is 79.9 cm³/mol. The van der Waals surface area contributed by atoms with E-state index in [2.05, 4.69) is 0 Å². The van der Waals surface area contributed by atoms with Crippen molar-refractivity contribution < 1.29 is 32.3 Å². The van der Waals surface area contributed by atoms with Crippen LogP contribution in [0.15, 0.2) is 0 Å². The number of nitrogens with two attached hydrogens (primary N) is 1. The zero-order chi connectivity index (χ0) is 19.3. The second kappa shape index (κ2) is 6.15. The number of alkyl halides is 3. The van der Waals surface area contributed by atoms with Crippen molar-refractivity contribution in [1.29, 1.82) is 0 Å². The molecular weight excluding hydrogens is 343 g/mol. The third-order valence-corrected chi connectivity index (χ3v) is 5.43. The largest absolute Gasteiger partial charge is 0.471 e. The monoisotopic (exact) mass is 365 g/mol. The first-order valence-electron chi connectivity index (χ1n) is 7.84. The Bertz CT molecular complexity index is 593. The third kappa shape index (κ3) is 3.31. The fourth-order valence-electron chi connectivity index (χ4n) is 3.76. The number of primary amides is 1. The molecule has 1 heterocycles. The Kier molecular flexibility index (Phi) is 4.79. The number of hydrogen-bond acceptors (Lipinski definition) is 4. The molecule has 7 nitrogen and oxygen atoms in total. The number of piperidine rings is 1. The normalized spacial score (nSPS) is 29.6. The molecule has 1 aliphatic carbocycles. The number of methoxy groups -OCH3 is 1. The molecule has 0 radical (unpaired) electrons. The molecule has 2 aliphatic rings. The van der Waals surface area contributed by atoms with Gasteiger partial charge in [0.1, 0.15) is 12.1 Å². The summed E-state index contributed by atoms with van der Waals surface area (Å²) in [5, 5.41) is 1.66. The lowest BCUT2D eigenvalue weighted by Crippen LogP contribution is -2.59. The van der Waals surface area contributed by atoms with Crippen LogP contribution in [-0.4, -0.2) is 60.6 Å². The summed E-state index contributed by atoms with van der Waals surface area (Å²) in [6.07, 6.45) is -6.15. The number of rotatable bonds is 5. The molecule has 3 amide bonds. The zero-order valence-corrected chi connectivity index (χ0v) is 14.4. The maximum Gasteiger partial charge on any atom is 0.471 e. The van der Waals surface area contributed by atoms with E-state index in [1.54, 1.807) is 5.32 Å². The number of fused-ring (bicyclic) bond motifs is 1. The van der Waals surface area contributed by atoms with Crippen LogP contribution in [-0.2, 0) is 19.1 Å². The van der Waals surface area contributed by atoms with Crippen LogP contribution in [0.3, 0.4) is 0 Å². The molecule has 3 unspecified atom stereocenters. The molecule has 5 atom stereocenters. The molecule has 10 heteroatoms. The van der Waals surface area contributed by atoms with Crippen molar-refractivity contribution in [3.8, 4) is 0 Å².